The second kappa shape index (κ2) is 6.83. The van der Waals surface area contributed by atoms with E-state index in [0.717, 1.165) is 13.0 Å². The Kier molecular flexibility index (Phi) is 5.42. The van der Waals surface area contributed by atoms with Crippen LogP contribution in [-0.4, -0.2) is 42.0 Å². The van der Waals surface area contributed by atoms with Gasteiger partial charge in [0.05, 0.1) is 13.5 Å². The van der Waals surface area contributed by atoms with Crippen molar-refractivity contribution in [2.45, 2.75) is 26.3 Å². The molecule has 5 nitrogen and oxygen atoms in total. The van der Waals surface area contributed by atoms with Crippen molar-refractivity contribution in [2.75, 3.05) is 20.7 Å². The molecule has 0 saturated heterocycles. The molecule has 1 aromatic rings. The summed E-state index contributed by atoms with van der Waals surface area (Å²) in [6, 6.07) is 3.66. The lowest BCUT2D eigenvalue weighted by molar-refractivity contribution is -0.140. The molecule has 0 radical (unpaired) electrons. The van der Waals surface area contributed by atoms with Crippen LogP contribution in [0.1, 0.15) is 30.3 Å². The molecule has 5 heteroatoms. The smallest absolute Gasteiger partial charge is 0.307 e. The Morgan fingerprint density at radius 1 is 1.44 bits per heavy atom. The van der Waals surface area contributed by atoms with Gasteiger partial charge in [-0.15, -0.1) is 0 Å². The van der Waals surface area contributed by atoms with Crippen molar-refractivity contribution in [2.24, 2.45) is 0 Å². The number of hydrogen-bond donors (Lipinski definition) is 0. The van der Waals surface area contributed by atoms with E-state index in [0.29, 0.717) is 12.2 Å². The summed E-state index contributed by atoms with van der Waals surface area (Å²) in [6.07, 6.45) is 3.08. The highest BCUT2D eigenvalue weighted by molar-refractivity contribution is 5.92. The van der Waals surface area contributed by atoms with Crippen LogP contribution < -0.4 is 0 Å². The minimum atomic E-state index is -0.307. The number of methoxy groups -OCH3 is 1. The van der Waals surface area contributed by atoms with E-state index in [-0.39, 0.29) is 18.3 Å². The summed E-state index contributed by atoms with van der Waals surface area (Å²) < 4.78 is 6.48. The first-order valence-corrected chi connectivity index (χ1v) is 6.07. The second-order valence-corrected chi connectivity index (χ2v) is 4.14. The van der Waals surface area contributed by atoms with E-state index in [1.54, 1.807) is 18.0 Å². The minimum Gasteiger partial charge on any atom is -0.469 e. The van der Waals surface area contributed by atoms with Crippen LogP contribution in [0, 0.1) is 0 Å². The summed E-state index contributed by atoms with van der Waals surface area (Å²) >= 11 is 0. The quantitative estimate of drug-likeness (QED) is 0.721. The van der Waals surface area contributed by atoms with Crippen molar-refractivity contribution in [3.63, 3.8) is 0 Å². The zero-order valence-electron chi connectivity index (χ0n) is 11.2. The van der Waals surface area contributed by atoms with E-state index in [1.165, 1.54) is 7.11 Å². The number of carbonyl (C=O) groups excluding carboxylic acids is 2. The fourth-order valence-electron chi connectivity index (χ4n) is 1.70. The molecule has 1 aromatic heterocycles. The predicted octanol–water partition coefficient (Wildman–Crippen LogP) is 1.53. The molecule has 18 heavy (non-hydrogen) atoms. The number of esters is 1. The fraction of sp³-hybridized carbons (Fsp3) is 0.538. The maximum Gasteiger partial charge on any atom is 0.307 e. The van der Waals surface area contributed by atoms with E-state index in [4.69, 9.17) is 0 Å². The lowest BCUT2D eigenvalue weighted by Gasteiger charge is -2.17. The fourth-order valence-corrected chi connectivity index (χ4v) is 1.70. The molecule has 1 heterocycles. The van der Waals surface area contributed by atoms with E-state index in [1.807, 2.05) is 16.8 Å². The maximum atomic E-state index is 12.2. The van der Waals surface area contributed by atoms with Crippen molar-refractivity contribution in [1.29, 1.82) is 0 Å². The Morgan fingerprint density at radius 3 is 2.78 bits per heavy atom. The predicted molar refractivity (Wildman–Crippen MR) is 68.3 cm³/mol. The van der Waals surface area contributed by atoms with Crippen molar-refractivity contribution in [1.82, 2.24) is 9.47 Å². The van der Waals surface area contributed by atoms with Crippen molar-refractivity contribution < 1.29 is 14.3 Å². The van der Waals surface area contributed by atoms with Gasteiger partial charge in [-0.1, -0.05) is 6.92 Å². The Balaban J connectivity index is 2.62. The Hall–Kier alpha value is -1.78. The topological polar surface area (TPSA) is 51.5 Å². The molecule has 0 aromatic carbocycles. The van der Waals surface area contributed by atoms with Crippen molar-refractivity contribution >= 4 is 11.9 Å². The van der Waals surface area contributed by atoms with E-state index < -0.39 is 0 Å². The molecule has 0 bridgehead atoms. The van der Waals surface area contributed by atoms with Crippen LogP contribution in [0.2, 0.25) is 0 Å². The first-order chi connectivity index (χ1) is 8.60. The molecular formula is C13H20N2O3. The normalized spacial score (nSPS) is 10.2. The summed E-state index contributed by atoms with van der Waals surface area (Å²) in [5, 5.41) is 0. The van der Waals surface area contributed by atoms with Gasteiger partial charge in [0.1, 0.15) is 5.69 Å². The molecule has 0 spiro atoms. The summed E-state index contributed by atoms with van der Waals surface area (Å²) in [5.74, 6) is -0.379. The number of carbonyl (C=O) groups is 2. The van der Waals surface area contributed by atoms with Crippen LogP contribution in [0.4, 0.5) is 0 Å². The average molecular weight is 252 g/mol. The zero-order chi connectivity index (χ0) is 13.5. The summed E-state index contributed by atoms with van der Waals surface area (Å²) in [7, 11) is 3.03. The van der Waals surface area contributed by atoms with Gasteiger partial charge in [0.25, 0.3) is 5.91 Å². The Morgan fingerprint density at radius 2 is 2.17 bits per heavy atom. The first-order valence-electron chi connectivity index (χ1n) is 6.07. The number of nitrogens with zero attached hydrogens (tertiary/aromatic N) is 2. The van der Waals surface area contributed by atoms with Gasteiger partial charge >= 0.3 is 5.97 Å². The maximum absolute atomic E-state index is 12.2. The van der Waals surface area contributed by atoms with Gasteiger partial charge in [0.2, 0.25) is 0 Å². The van der Waals surface area contributed by atoms with Gasteiger partial charge in [0, 0.05) is 26.3 Å². The van der Waals surface area contributed by atoms with Crippen LogP contribution in [0.15, 0.2) is 18.3 Å². The lowest BCUT2D eigenvalue weighted by atomic mass is 10.3. The van der Waals surface area contributed by atoms with Gasteiger partial charge < -0.3 is 14.2 Å². The SMILES string of the molecule is CCCn1cccc1C(=O)N(C)CCC(=O)OC. The van der Waals surface area contributed by atoms with E-state index in [9.17, 15) is 9.59 Å². The average Bonchev–Trinajstić information content (AvgIpc) is 2.83. The molecule has 0 aliphatic carbocycles. The molecule has 1 rings (SSSR count). The van der Waals surface area contributed by atoms with Gasteiger partial charge in [-0.05, 0) is 18.6 Å². The van der Waals surface area contributed by atoms with Gasteiger partial charge in [-0.25, -0.2) is 0 Å². The van der Waals surface area contributed by atoms with Gasteiger partial charge in [-0.3, -0.25) is 9.59 Å². The third kappa shape index (κ3) is 3.61. The number of ether oxygens (including phenoxy) is 1. The summed E-state index contributed by atoms with van der Waals surface area (Å²) in [6.45, 7) is 3.25. The largest absolute Gasteiger partial charge is 0.469 e. The molecular weight excluding hydrogens is 232 g/mol. The number of rotatable bonds is 6. The minimum absolute atomic E-state index is 0.0719. The summed E-state index contributed by atoms with van der Waals surface area (Å²) in [5.41, 5.74) is 0.657. The number of hydrogen-bond acceptors (Lipinski definition) is 3. The van der Waals surface area contributed by atoms with Crippen LogP contribution in [0.5, 0.6) is 0 Å². The Bertz CT molecular complexity index is 412. The monoisotopic (exact) mass is 252 g/mol. The molecule has 0 unspecified atom stereocenters. The second-order valence-electron chi connectivity index (χ2n) is 4.14. The van der Waals surface area contributed by atoms with Crippen molar-refractivity contribution in [3.05, 3.63) is 24.0 Å². The van der Waals surface area contributed by atoms with E-state index >= 15 is 0 Å². The highest BCUT2D eigenvalue weighted by Crippen LogP contribution is 2.07. The molecule has 0 atom stereocenters. The Labute approximate surface area is 107 Å². The van der Waals surface area contributed by atoms with Crippen molar-refractivity contribution in [3.8, 4) is 0 Å². The molecule has 1 amide bonds. The highest BCUT2D eigenvalue weighted by Gasteiger charge is 2.16. The van der Waals surface area contributed by atoms with Gasteiger partial charge in [-0.2, -0.15) is 0 Å². The lowest BCUT2D eigenvalue weighted by Crippen LogP contribution is -2.30. The van der Waals surface area contributed by atoms with Crippen LogP contribution in [-0.2, 0) is 16.1 Å². The number of aryl methyl sites for hydroxylation is 1. The highest BCUT2D eigenvalue weighted by atomic mass is 16.5. The van der Waals surface area contributed by atoms with Crippen LogP contribution in [0.3, 0.4) is 0 Å². The van der Waals surface area contributed by atoms with Crippen LogP contribution >= 0.6 is 0 Å². The molecule has 0 saturated carbocycles. The van der Waals surface area contributed by atoms with E-state index in [2.05, 4.69) is 11.7 Å². The molecule has 0 aliphatic heterocycles. The van der Waals surface area contributed by atoms with Gasteiger partial charge in [0.15, 0.2) is 0 Å². The first kappa shape index (κ1) is 14.3. The third-order valence-electron chi connectivity index (χ3n) is 2.74. The molecule has 0 N–H and O–H groups in total. The number of amides is 1. The third-order valence-corrected chi connectivity index (χ3v) is 2.74. The molecule has 0 aliphatic rings. The number of aromatic nitrogens is 1. The van der Waals surface area contributed by atoms with Crippen LogP contribution in [0.25, 0.3) is 0 Å². The zero-order valence-corrected chi connectivity index (χ0v) is 11.2. The molecule has 0 fully saturated rings. The standard InChI is InChI=1S/C13H20N2O3/c1-4-8-15-9-5-6-11(15)13(17)14(2)10-7-12(16)18-3/h5-6,9H,4,7-8,10H2,1-3H3. The molecule has 100 valence electrons. The summed E-state index contributed by atoms with van der Waals surface area (Å²) in [4.78, 5) is 24.7.